The predicted molar refractivity (Wildman–Crippen MR) is 109 cm³/mol. The molecule has 0 radical (unpaired) electrons. The van der Waals surface area contributed by atoms with Crippen LogP contribution in [-0.2, 0) is 4.79 Å². The molecule has 0 amide bonds. The lowest BCUT2D eigenvalue weighted by Crippen LogP contribution is -2.03. The molecule has 0 aliphatic heterocycles. The quantitative estimate of drug-likeness (QED) is 0.288. The van der Waals surface area contributed by atoms with Crippen LogP contribution in [0, 0.1) is 6.92 Å². The number of hydrogen-bond acceptors (Lipinski definition) is 4. The summed E-state index contributed by atoms with van der Waals surface area (Å²) in [5.41, 5.74) is 1.80. The SMILES string of the molecule is CCCCCCCCOc1ccc(C=CC(=O)Oc2ccc(C)nc2)cc1. The van der Waals surface area contributed by atoms with Crippen molar-refractivity contribution >= 4 is 12.0 Å². The summed E-state index contributed by atoms with van der Waals surface area (Å²) in [6.45, 7) is 4.86. The van der Waals surface area contributed by atoms with Crippen molar-refractivity contribution in [3.63, 3.8) is 0 Å². The lowest BCUT2D eigenvalue weighted by Gasteiger charge is -2.06. The fraction of sp³-hybridized carbons (Fsp3) is 0.391. The summed E-state index contributed by atoms with van der Waals surface area (Å²) in [5.74, 6) is 0.867. The molecule has 0 fully saturated rings. The number of nitrogens with zero attached hydrogens (tertiary/aromatic N) is 1. The van der Waals surface area contributed by atoms with Crippen molar-refractivity contribution < 1.29 is 14.3 Å². The third-order valence-electron chi connectivity index (χ3n) is 4.16. The zero-order chi connectivity index (χ0) is 19.3. The maximum absolute atomic E-state index is 11.8. The minimum absolute atomic E-state index is 0.427. The maximum Gasteiger partial charge on any atom is 0.336 e. The highest BCUT2D eigenvalue weighted by atomic mass is 16.5. The van der Waals surface area contributed by atoms with Crippen molar-refractivity contribution in [1.82, 2.24) is 4.98 Å². The molecule has 0 spiro atoms. The van der Waals surface area contributed by atoms with Crippen LogP contribution in [0.4, 0.5) is 0 Å². The van der Waals surface area contributed by atoms with Crippen molar-refractivity contribution in [2.45, 2.75) is 52.4 Å². The highest BCUT2D eigenvalue weighted by Gasteiger charge is 2.01. The van der Waals surface area contributed by atoms with Crippen LogP contribution in [0.1, 0.15) is 56.7 Å². The van der Waals surface area contributed by atoms with Gasteiger partial charge in [0.25, 0.3) is 0 Å². The van der Waals surface area contributed by atoms with E-state index in [4.69, 9.17) is 9.47 Å². The largest absolute Gasteiger partial charge is 0.494 e. The Bertz CT molecular complexity index is 705. The fourth-order valence-corrected chi connectivity index (χ4v) is 2.58. The monoisotopic (exact) mass is 367 g/mol. The van der Waals surface area contributed by atoms with Crippen LogP contribution in [0.3, 0.4) is 0 Å². The van der Waals surface area contributed by atoms with E-state index in [1.54, 1.807) is 18.2 Å². The molecule has 0 aliphatic carbocycles. The molecule has 0 unspecified atom stereocenters. The van der Waals surface area contributed by atoms with Gasteiger partial charge in [-0.2, -0.15) is 0 Å². The third-order valence-corrected chi connectivity index (χ3v) is 4.16. The summed E-state index contributed by atoms with van der Waals surface area (Å²) < 4.78 is 11.0. The molecule has 0 atom stereocenters. The lowest BCUT2D eigenvalue weighted by molar-refractivity contribution is -0.128. The van der Waals surface area contributed by atoms with E-state index in [9.17, 15) is 4.79 Å². The molecule has 0 bridgehead atoms. The number of carbonyl (C=O) groups is 1. The highest BCUT2D eigenvalue weighted by molar-refractivity contribution is 5.88. The Kier molecular flexibility index (Phi) is 9.11. The van der Waals surface area contributed by atoms with Crippen LogP contribution in [0.2, 0.25) is 0 Å². The zero-order valence-electron chi connectivity index (χ0n) is 16.3. The maximum atomic E-state index is 11.8. The molecule has 0 aliphatic rings. The molecule has 0 N–H and O–H groups in total. The number of carbonyl (C=O) groups excluding carboxylic acids is 1. The third kappa shape index (κ3) is 8.54. The van der Waals surface area contributed by atoms with Crippen LogP contribution in [0.5, 0.6) is 11.5 Å². The average molecular weight is 367 g/mol. The number of rotatable bonds is 11. The highest BCUT2D eigenvalue weighted by Crippen LogP contribution is 2.15. The molecule has 4 nitrogen and oxygen atoms in total. The molecule has 27 heavy (non-hydrogen) atoms. The summed E-state index contributed by atoms with van der Waals surface area (Å²) in [7, 11) is 0. The molecular formula is C23H29NO3. The first-order valence-corrected chi connectivity index (χ1v) is 9.73. The van der Waals surface area contributed by atoms with Gasteiger partial charge in [0.05, 0.1) is 12.8 Å². The Morgan fingerprint density at radius 3 is 2.37 bits per heavy atom. The predicted octanol–water partition coefficient (Wildman–Crippen LogP) is 5.75. The molecule has 4 heteroatoms. The molecular weight excluding hydrogens is 338 g/mol. The van der Waals surface area contributed by atoms with Crippen LogP contribution in [-0.4, -0.2) is 17.6 Å². The van der Waals surface area contributed by atoms with E-state index in [2.05, 4.69) is 11.9 Å². The molecule has 0 saturated carbocycles. The van der Waals surface area contributed by atoms with E-state index in [1.807, 2.05) is 31.2 Å². The zero-order valence-corrected chi connectivity index (χ0v) is 16.3. The van der Waals surface area contributed by atoms with Gasteiger partial charge in [-0.25, -0.2) is 4.79 Å². The van der Waals surface area contributed by atoms with E-state index in [-0.39, 0.29) is 0 Å². The van der Waals surface area contributed by atoms with Crippen molar-refractivity contribution in [2.75, 3.05) is 6.61 Å². The van der Waals surface area contributed by atoms with Crippen LogP contribution in [0.25, 0.3) is 6.08 Å². The smallest absolute Gasteiger partial charge is 0.336 e. The van der Waals surface area contributed by atoms with Crippen LogP contribution < -0.4 is 9.47 Å². The van der Waals surface area contributed by atoms with Gasteiger partial charge in [0.2, 0.25) is 0 Å². The summed E-state index contributed by atoms with van der Waals surface area (Å²) in [6, 6.07) is 11.2. The molecule has 1 aromatic carbocycles. The van der Waals surface area contributed by atoms with Crippen molar-refractivity contribution in [3.8, 4) is 11.5 Å². The average Bonchev–Trinajstić information content (AvgIpc) is 2.68. The Morgan fingerprint density at radius 2 is 1.67 bits per heavy atom. The number of unbranched alkanes of at least 4 members (excludes halogenated alkanes) is 5. The molecule has 2 aromatic rings. The second-order valence-electron chi connectivity index (χ2n) is 6.57. The number of benzene rings is 1. The van der Waals surface area contributed by atoms with Gasteiger partial charge in [-0.05, 0) is 49.2 Å². The number of aromatic nitrogens is 1. The first-order chi connectivity index (χ1) is 13.2. The summed E-state index contributed by atoms with van der Waals surface area (Å²) in [4.78, 5) is 15.9. The number of pyridine rings is 1. The van der Waals surface area contributed by atoms with E-state index in [1.165, 1.54) is 44.4 Å². The van der Waals surface area contributed by atoms with Gasteiger partial charge in [-0.1, -0.05) is 51.2 Å². The molecule has 1 heterocycles. The van der Waals surface area contributed by atoms with Gasteiger partial charge in [-0.15, -0.1) is 0 Å². The van der Waals surface area contributed by atoms with Gasteiger partial charge in [-0.3, -0.25) is 4.98 Å². The molecule has 1 aromatic heterocycles. The molecule has 144 valence electrons. The summed E-state index contributed by atoms with van der Waals surface area (Å²) in [5, 5.41) is 0. The van der Waals surface area contributed by atoms with Gasteiger partial charge in [0.15, 0.2) is 0 Å². The van der Waals surface area contributed by atoms with Gasteiger partial charge in [0.1, 0.15) is 11.5 Å². The van der Waals surface area contributed by atoms with E-state index >= 15 is 0 Å². The summed E-state index contributed by atoms with van der Waals surface area (Å²) in [6.07, 6.45) is 12.2. The standard InChI is InChI=1S/C23H29NO3/c1-3-4-5-6-7-8-17-26-21-14-10-20(11-15-21)12-16-23(25)27-22-13-9-19(2)24-18-22/h9-16,18H,3-8,17H2,1-2H3. The number of esters is 1. The summed E-state index contributed by atoms with van der Waals surface area (Å²) >= 11 is 0. The fourth-order valence-electron chi connectivity index (χ4n) is 2.58. The van der Waals surface area contributed by atoms with E-state index in [0.717, 1.165) is 30.0 Å². The minimum atomic E-state index is -0.427. The normalized spacial score (nSPS) is 10.9. The van der Waals surface area contributed by atoms with Crippen molar-refractivity contribution in [2.24, 2.45) is 0 Å². The first kappa shape index (κ1) is 20.7. The van der Waals surface area contributed by atoms with Gasteiger partial charge < -0.3 is 9.47 Å². The van der Waals surface area contributed by atoms with Gasteiger partial charge >= 0.3 is 5.97 Å². The molecule has 2 rings (SSSR count). The Balaban J connectivity index is 1.70. The second-order valence-corrected chi connectivity index (χ2v) is 6.57. The number of hydrogen-bond donors (Lipinski definition) is 0. The topological polar surface area (TPSA) is 48.4 Å². The van der Waals surface area contributed by atoms with Crippen molar-refractivity contribution in [1.29, 1.82) is 0 Å². The van der Waals surface area contributed by atoms with Crippen LogP contribution >= 0.6 is 0 Å². The Labute approximate surface area is 162 Å². The minimum Gasteiger partial charge on any atom is -0.494 e. The number of ether oxygens (including phenoxy) is 2. The lowest BCUT2D eigenvalue weighted by atomic mass is 10.1. The Morgan fingerprint density at radius 1 is 0.963 bits per heavy atom. The number of aryl methyl sites for hydroxylation is 1. The molecule has 0 saturated heterocycles. The van der Waals surface area contributed by atoms with E-state index in [0.29, 0.717) is 5.75 Å². The van der Waals surface area contributed by atoms with Crippen LogP contribution in [0.15, 0.2) is 48.7 Å². The Hall–Kier alpha value is -2.62. The van der Waals surface area contributed by atoms with E-state index < -0.39 is 5.97 Å². The van der Waals surface area contributed by atoms with Gasteiger partial charge in [0, 0.05) is 11.8 Å². The van der Waals surface area contributed by atoms with Crippen molar-refractivity contribution in [3.05, 3.63) is 59.9 Å². The second kappa shape index (κ2) is 11.9. The first-order valence-electron chi connectivity index (χ1n) is 9.73.